The van der Waals surface area contributed by atoms with Crippen molar-refractivity contribution in [3.8, 4) is 67.7 Å². The number of aromatic nitrogens is 4. The van der Waals surface area contributed by atoms with Crippen LogP contribution >= 0.6 is 0 Å². The highest BCUT2D eigenvalue weighted by Gasteiger charge is 2.17. The maximum atomic E-state index is 5.37. The molecule has 0 unspecified atom stereocenters. The summed E-state index contributed by atoms with van der Waals surface area (Å²) >= 11 is 0. The average Bonchev–Trinajstić information content (AvgIpc) is 3.26. The van der Waals surface area contributed by atoms with Crippen LogP contribution in [0.4, 0.5) is 0 Å². The quantitative estimate of drug-likeness (QED) is 0.163. The van der Waals surface area contributed by atoms with Crippen LogP contribution in [0.3, 0.4) is 0 Å². The molecule has 4 heteroatoms. The van der Waals surface area contributed by atoms with Crippen LogP contribution in [-0.4, -0.2) is 19.9 Å². The van der Waals surface area contributed by atoms with Crippen molar-refractivity contribution in [2.45, 2.75) is 0 Å². The summed E-state index contributed by atoms with van der Waals surface area (Å²) < 4.78 is 0. The van der Waals surface area contributed by atoms with E-state index >= 15 is 0 Å². The Morgan fingerprint density at radius 3 is 1.43 bits per heavy atom. The van der Waals surface area contributed by atoms with E-state index in [0.29, 0.717) is 17.5 Å². The summed E-state index contributed by atoms with van der Waals surface area (Å²) in [4.78, 5) is 20.1. The van der Waals surface area contributed by atoms with Gasteiger partial charge < -0.3 is 0 Å². The first kappa shape index (κ1) is 31.4. The van der Waals surface area contributed by atoms with E-state index in [-0.39, 0.29) is 0 Å². The Morgan fingerprint density at radius 1 is 0.278 bits per heavy atom. The van der Waals surface area contributed by atoms with Gasteiger partial charge in [-0.25, -0.2) is 19.9 Å². The largest absolute Gasteiger partial charge is 0.247 e. The molecule has 0 bridgehead atoms. The number of rotatable bonds is 6. The minimum atomic E-state index is 0.634. The summed E-state index contributed by atoms with van der Waals surface area (Å²) in [7, 11) is 0. The highest BCUT2D eigenvalue weighted by atomic mass is 15.0. The monoisotopic (exact) mass is 688 g/mol. The standard InChI is InChI=1S/C50H32N4/c1-4-15-35(16-5-1)47-44-25-13-24-42(41-23-12-21-34-14-10-11-22-40(34)41)46(44)43-31-30-39(32-45(43)51-47)33-26-28-38(29-27-33)50-53-48(36-17-6-2-7-18-36)52-49(54-50)37-19-8-3-9-20-37/h1-32H. The van der Waals surface area contributed by atoms with E-state index in [2.05, 4.69) is 133 Å². The third kappa shape index (κ3) is 5.67. The summed E-state index contributed by atoms with van der Waals surface area (Å²) in [5, 5.41) is 5.93. The summed E-state index contributed by atoms with van der Waals surface area (Å²) in [6.07, 6.45) is 0. The lowest BCUT2D eigenvalue weighted by Gasteiger charge is -2.16. The maximum Gasteiger partial charge on any atom is 0.164 e. The molecule has 0 radical (unpaired) electrons. The first-order chi connectivity index (χ1) is 26.8. The second-order valence-corrected chi connectivity index (χ2v) is 13.4. The van der Waals surface area contributed by atoms with Gasteiger partial charge in [0.2, 0.25) is 0 Å². The summed E-state index contributed by atoms with van der Waals surface area (Å²) in [6.45, 7) is 0. The minimum Gasteiger partial charge on any atom is -0.247 e. The lowest BCUT2D eigenvalue weighted by Crippen LogP contribution is -2.00. The van der Waals surface area contributed by atoms with Crippen LogP contribution in [0.5, 0.6) is 0 Å². The van der Waals surface area contributed by atoms with Crippen molar-refractivity contribution < 1.29 is 0 Å². The highest BCUT2D eigenvalue weighted by Crippen LogP contribution is 2.41. The molecule has 0 saturated heterocycles. The molecule has 0 aliphatic rings. The Labute approximate surface area is 313 Å². The molecular weight excluding hydrogens is 657 g/mol. The molecule has 2 aromatic heterocycles. The first-order valence-corrected chi connectivity index (χ1v) is 18.1. The van der Waals surface area contributed by atoms with Gasteiger partial charge in [0.05, 0.1) is 11.2 Å². The number of hydrogen-bond donors (Lipinski definition) is 0. The molecule has 0 amide bonds. The third-order valence-corrected chi connectivity index (χ3v) is 10.1. The molecule has 252 valence electrons. The van der Waals surface area contributed by atoms with Crippen molar-refractivity contribution in [1.29, 1.82) is 0 Å². The van der Waals surface area contributed by atoms with Crippen LogP contribution in [0.25, 0.3) is 100 Å². The minimum absolute atomic E-state index is 0.634. The molecule has 8 aromatic carbocycles. The van der Waals surface area contributed by atoms with Gasteiger partial charge in [0.25, 0.3) is 0 Å². The van der Waals surface area contributed by atoms with Crippen molar-refractivity contribution >= 4 is 32.4 Å². The fourth-order valence-corrected chi connectivity index (χ4v) is 7.49. The van der Waals surface area contributed by atoms with Crippen LogP contribution in [0.15, 0.2) is 194 Å². The normalized spacial score (nSPS) is 11.3. The lowest BCUT2D eigenvalue weighted by molar-refractivity contribution is 1.07. The van der Waals surface area contributed by atoms with Gasteiger partial charge in [0.15, 0.2) is 17.5 Å². The zero-order valence-corrected chi connectivity index (χ0v) is 29.3. The van der Waals surface area contributed by atoms with E-state index in [1.807, 2.05) is 60.7 Å². The maximum absolute atomic E-state index is 5.37. The van der Waals surface area contributed by atoms with Gasteiger partial charge in [-0.05, 0) is 39.1 Å². The van der Waals surface area contributed by atoms with E-state index in [0.717, 1.165) is 55.4 Å². The predicted molar refractivity (Wildman–Crippen MR) is 223 cm³/mol. The van der Waals surface area contributed by atoms with Gasteiger partial charge in [0, 0.05) is 38.4 Å². The van der Waals surface area contributed by atoms with Crippen molar-refractivity contribution in [2.75, 3.05) is 0 Å². The zero-order valence-electron chi connectivity index (χ0n) is 29.3. The SMILES string of the molecule is c1ccc(-c2nc(-c3ccccc3)nc(-c3ccc(-c4ccc5c(c4)nc(-c4ccccc4)c4cccc(-c6cccc7ccccc67)c45)cc3)n2)cc1. The molecule has 0 aliphatic carbocycles. The molecule has 0 aliphatic heterocycles. The second kappa shape index (κ2) is 13.4. The second-order valence-electron chi connectivity index (χ2n) is 13.4. The van der Waals surface area contributed by atoms with E-state index < -0.39 is 0 Å². The summed E-state index contributed by atoms with van der Waals surface area (Å²) in [5.41, 5.74) is 10.4. The van der Waals surface area contributed by atoms with E-state index in [1.54, 1.807) is 0 Å². The Bertz CT molecular complexity index is 2900. The van der Waals surface area contributed by atoms with E-state index in [9.17, 15) is 0 Å². The van der Waals surface area contributed by atoms with Crippen molar-refractivity contribution in [3.05, 3.63) is 194 Å². The molecule has 54 heavy (non-hydrogen) atoms. The molecular formula is C50H32N4. The molecule has 2 heterocycles. The first-order valence-electron chi connectivity index (χ1n) is 18.1. The summed E-state index contributed by atoms with van der Waals surface area (Å²) in [6, 6.07) is 67.6. The molecule has 0 atom stereocenters. The molecule has 10 aromatic rings. The molecule has 0 spiro atoms. The summed E-state index contributed by atoms with van der Waals surface area (Å²) in [5.74, 6) is 1.93. The van der Waals surface area contributed by atoms with Crippen LogP contribution in [0.2, 0.25) is 0 Å². The van der Waals surface area contributed by atoms with Crippen molar-refractivity contribution in [3.63, 3.8) is 0 Å². The van der Waals surface area contributed by atoms with Gasteiger partial charge in [-0.1, -0.05) is 188 Å². The van der Waals surface area contributed by atoms with Crippen LogP contribution in [0.1, 0.15) is 0 Å². The molecule has 0 fully saturated rings. The van der Waals surface area contributed by atoms with Crippen LogP contribution < -0.4 is 0 Å². The Hall–Kier alpha value is -7.30. The molecule has 4 nitrogen and oxygen atoms in total. The van der Waals surface area contributed by atoms with E-state index in [4.69, 9.17) is 19.9 Å². The zero-order chi connectivity index (χ0) is 35.8. The average molecular weight is 689 g/mol. The van der Waals surface area contributed by atoms with Crippen molar-refractivity contribution in [2.24, 2.45) is 0 Å². The third-order valence-electron chi connectivity index (χ3n) is 10.1. The van der Waals surface area contributed by atoms with Crippen LogP contribution in [0, 0.1) is 0 Å². The topological polar surface area (TPSA) is 51.6 Å². The molecule has 0 saturated carbocycles. The number of hydrogen-bond acceptors (Lipinski definition) is 4. The molecule has 0 N–H and O–H groups in total. The van der Waals surface area contributed by atoms with Gasteiger partial charge in [0.1, 0.15) is 0 Å². The Balaban J connectivity index is 1.11. The predicted octanol–water partition coefficient (Wildman–Crippen LogP) is 12.7. The van der Waals surface area contributed by atoms with Crippen LogP contribution in [-0.2, 0) is 0 Å². The van der Waals surface area contributed by atoms with Crippen molar-refractivity contribution in [1.82, 2.24) is 19.9 Å². The Kier molecular flexibility index (Phi) is 7.77. The number of nitrogens with zero attached hydrogens (tertiary/aromatic N) is 4. The van der Waals surface area contributed by atoms with Gasteiger partial charge in [-0.3, -0.25) is 0 Å². The number of fused-ring (bicyclic) bond motifs is 4. The number of benzene rings is 8. The van der Waals surface area contributed by atoms with Gasteiger partial charge >= 0.3 is 0 Å². The highest BCUT2D eigenvalue weighted by molar-refractivity contribution is 6.19. The molecule has 10 rings (SSSR count). The Morgan fingerprint density at radius 2 is 0.759 bits per heavy atom. The van der Waals surface area contributed by atoms with Gasteiger partial charge in [-0.15, -0.1) is 0 Å². The van der Waals surface area contributed by atoms with E-state index in [1.165, 1.54) is 27.3 Å². The number of pyridine rings is 1. The lowest BCUT2D eigenvalue weighted by atomic mass is 9.90. The fourth-order valence-electron chi connectivity index (χ4n) is 7.49. The fraction of sp³-hybridized carbons (Fsp3) is 0. The smallest absolute Gasteiger partial charge is 0.164 e. The van der Waals surface area contributed by atoms with Gasteiger partial charge in [-0.2, -0.15) is 0 Å².